The van der Waals surface area contributed by atoms with Gasteiger partial charge in [-0.2, -0.15) is 0 Å². The first kappa shape index (κ1) is 13.1. The Morgan fingerprint density at radius 2 is 1.94 bits per heavy atom. The average Bonchev–Trinajstić information content (AvgIpc) is 2.46. The highest BCUT2D eigenvalue weighted by Crippen LogP contribution is 2.30. The molecule has 0 saturated heterocycles. The number of aromatic nitrogens is 2. The molecular weight excluding hydrogens is 226 g/mol. The lowest BCUT2D eigenvalue weighted by atomic mass is 9.81. The van der Waals surface area contributed by atoms with Crippen molar-refractivity contribution < 1.29 is 4.74 Å². The smallest absolute Gasteiger partial charge is 0.218 e. The van der Waals surface area contributed by atoms with Crippen molar-refractivity contribution in [2.24, 2.45) is 11.8 Å². The van der Waals surface area contributed by atoms with Crippen LogP contribution in [-0.4, -0.2) is 23.6 Å². The summed E-state index contributed by atoms with van der Waals surface area (Å²) >= 11 is 0. The molecule has 0 spiro atoms. The predicted molar refractivity (Wildman–Crippen MR) is 72.8 cm³/mol. The van der Waals surface area contributed by atoms with Crippen molar-refractivity contribution in [3.05, 3.63) is 12.4 Å². The van der Waals surface area contributed by atoms with E-state index >= 15 is 0 Å². The van der Waals surface area contributed by atoms with Crippen molar-refractivity contribution in [2.45, 2.75) is 39.0 Å². The molecule has 1 aliphatic carbocycles. The second-order valence-electron chi connectivity index (χ2n) is 5.12. The fourth-order valence-corrected chi connectivity index (χ4v) is 2.64. The molecular formula is C14H23N3O. The van der Waals surface area contributed by atoms with E-state index in [1.807, 2.05) is 6.07 Å². The topological polar surface area (TPSA) is 47.0 Å². The van der Waals surface area contributed by atoms with Gasteiger partial charge in [0.1, 0.15) is 12.1 Å². The summed E-state index contributed by atoms with van der Waals surface area (Å²) in [6.45, 7) is 3.31. The molecule has 0 bridgehead atoms. The van der Waals surface area contributed by atoms with Gasteiger partial charge in [0.05, 0.1) is 7.11 Å². The highest BCUT2D eigenvalue weighted by atomic mass is 16.5. The lowest BCUT2D eigenvalue weighted by Crippen LogP contribution is -2.21. The number of nitrogens with zero attached hydrogens (tertiary/aromatic N) is 2. The molecule has 0 unspecified atom stereocenters. The molecule has 0 radical (unpaired) electrons. The minimum atomic E-state index is 0.613. The van der Waals surface area contributed by atoms with Gasteiger partial charge in [-0.05, 0) is 24.7 Å². The molecule has 0 amide bonds. The summed E-state index contributed by atoms with van der Waals surface area (Å²) in [5.41, 5.74) is 0. The number of hydrogen-bond donors (Lipinski definition) is 1. The zero-order valence-corrected chi connectivity index (χ0v) is 11.4. The van der Waals surface area contributed by atoms with Crippen LogP contribution >= 0.6 is 0 Å². The van der Waals surface area contributed by atoms with Gasteiger partial charge < -0.3 is 10.1 Å². The molecule has 4 heteroatoms. The molecule has 1 N–H and O–H groups in total. The van der Waals surface area contributed by atoms with E-state index in [1.54, 1.807) is 7.11 Å². The summed E-state index contributed by atoms with van der Waals surface area (Å²) in [7, 11) is 1.62. The van der Waals surface area contributed by atoms with Crippen LogP contribution in [-0.2, 0) is 0 Å². The highest BCUT2D eigenvalue weighted by Gasteiger charge is 2.19. The van der Waals surface area contributed by atoms with E-state index in [2.05, 4.69) is 22.2 Å². The first-order valence-electron chi connectivity index (χ1n) is 6.91. The van der Waals surface area contributed by atoms with Crippen molar-refractivity contribution in [1.82, 2.24) is 9.97 Å². The third kappa shape index (κ3) is 3.59. The van der Waals surface area contributed by atoms with E-state index in [0.717, 1.165) is 24.2 Å². The molecule has 18 heavy (non-hydrogen) atoms. The van der Waals surface area contributed by atoms with E-state index in [1.165, 1.54) is 38.4 Å². The molecule has 1 saturated carbocycles. The first-order valence-corrected chi connectivity index (χ1v) is 6.91. The molecule has 1 aromatic heterocycles. The first-order chi connectivity index (χ1) is 8.81. The Labute approximate surface area is 109 Å². The van der Waals surface area contributed by atoms with E-state index < -0.39 is 0 Å². The summed E-state index contributed by atoms with van der Waals surface area (Å²) in [6.07, 6.45) is 8.33. The summed E-state index contributed by atoms with van der Waals surface area (Å²) in [5, 5.41) is 3.39. The number of nitrogens with one attached hydrogen (secondary N) is 1. The molecule has 1 aliphatic rings. The molecule has 0 atom stereocenters. The second kappa shape index (κ2) is 6.57. The van der Waals surface area contributed by atoms with Crippen molar-refractivity contribution in [2.75, 3.05) is 19.0 Å². The zero-order valence-electron chi connectivity index (χ0n) is 11.4. The third-order valence-electron chi connectivity index (χ3n) is 3.97. The van der Waals surface area contributed by atoms with E-state index in [0.29, 0.717) is 5.88 Å². The van der Waals surface area contributed by atoms with Gasteiger partial charge in [-0.25, -0.2) is 9.97 Å². The Hall–Kier alpha value is -1.32. The van der Waals surface area contributed by atoms with Gasteiger partial charge in [-0.1, -0.05) is 26.2 Å². The van der Waals surface area contributed by atoms with Crippen LogP contribution in [0, 0.1) is 11.8 Å². The van der Waals surface area contributed by atoms with E-state index in [-0.39, 0.29) is 0 Å². The molecule has 1 aromatic rings. The molecule has 4 nitrogen and oxygen atoms in total. The van der Waals surface area contributed by atoms with E-state index in [9.17, 15) is 0 Å². The highest BCUT2D eigenvalue weighted by molar-refractivity contribution is 5.36. The number of anilines is 1. The molecule has 100 valence electrons. The van der Waals surface area contributed by atoms with Crippen LogP contribution in [0.1, 0.15) is 39.0 Å². The van der Waals surface area contributed by atoms with Crippen molar-refractivity contribution in [3.8, 4) is 5.88 Å². The average molecular weight is 249 g/mol. The molecule has 1 heterocycles. The summed E-state index contributed by atoms with van der Waals surface area (Å²) < 4.78 is 5.08. The van der Waals surface area contributed by atoms with Gasteiger partial charge in [0.2, 0.25) is 5.88 Å². The number of methoxy groups -OCH3 is 1. The van der Waals surface area contributed by atoms with Crippen LogP contribution in [0.25, 0.3) is 0 Å². The number of rotatable bonds is 5. The molecule has 1 fully saturated rings. The fourth-order valence-electron chi connectivity index (χ4n) is 2.64. The summed E-state index contributed by atoms with van der Waals surface area (Å²) in [4.78, 5) is 8.20. The predicted octanol–water partition coefficient (Wildman–Crippen LogP) is 3.11. The number of ether oxygens (including phenoxy) is 1. The van der Waals surface area contributed by atoms with Gasteiger partial charge in [0.15, 0.2) is 0 Å². The minimum absolute atomic E-state index is 0.613. The maximum absolute atomic E-state index is 5.08. The van der Waals surface area contributed by atoms with Crippen molar-refractivity contribution in [1.29, 1.82) is 0 Å². The Morgan fingerprint density at radius 3 is 2.61 bits per heavy atom. The monoisotopic (exact) mass is 249 g/mol. The van der Waals surface area contributed by atoms with Crippen LogP contribution < -0.4 is 10.1 Å². The number of hydrogen-bond acceptors (Lipinski definition) is 4. The Balaban J connectivity index is 1.77. The zero-order chi connectivity index (χ0) is 12.8. The van der Waals surface area contributed by atoms with Gasteiger partial charge in [0, 0.05) is 12.6 Å². The van der Waals surface area contributed by atoms with Gasteiger partial charge in [-0.3, -0.25) is 0 Å². The lowest BCUT2D eigenvalue weighted by Gasteiger charge is -2.27. The summed E-state index contributed by atoms with van der Waals surface area (Å²) in [6, 6.07) is 1.84. The van der Waals surface area contributed by atoms with Crippen LogP contribution in [0.5, 0.6) is 5.88 Å². The Morgan fingerprint density at radius 1 is 1.22 bits per heavy atom. The second-order valence-corrected chi connectivity index (χ2v) is 5.12. The van der Waals surface area contributed by atoms with Crippen molar-refractivity contribution in [3.63, 3.8) is 0 Å². The third-order valence-corrected chi connectivity index (χ3v) is 3.97. The van der Waals surface area contributed by atoms with Crippen LogP contribution in [0.4, 0.5) is 5.82 Å². The van der Waals surface area contributed by atoms with E-state index in [4.69, 9.17) is 4.74 Å². The Kier molecular flexibility index (Phi) is 4.79. The molecule has 2 rings (SSSR count). The lowest BCUT2D eigenvalue weighted by molar-refractivity contribution is 0.278. The molecule has 0 aromatic carbocycles. The minimum Gasteiger partial charge on any atom is -0.481 e. The molecule has 0 aliphatic heterocycles. The SMILES string of the molecule is CCC1CCC(CNc2cc(OC)ncn2)CC1. The fraction of sp³-hybridized carbons (Fsp3) is 0.714. The largest absolute Gasteiger partial charge is 0.481 e. The van der Waals surface area contributed by atoms with Crippen LogP contribution in [0.2, 0.25) is 0 Å². The Bertz CT molecular complexity index is 362. The standard InChI is InChI=1S/C14H23N3O/c1-3-11-4-6-12(7-5-11)9-15-13-8-14(18-2)17-10-16-13/h8,10-12H,3-7,9H2,1-2H3,(H,15,16,17). The van der Waals surface area contributed by atoms with Gasteiger partial charge >= 0.3 is 0 Å². The van der Waals surface area contributed by atoms with Gasteiger partial charge in [-0.15, -0.1) is 0 Å². The maximum Gasteiger partial charge on any atom is 0.218 e. The van der Waals surface area contributed by atoms with Crippen molar-refractivity contribution >= 4 is 5.82 Å². The van der Waals surface area contributed by atoms with Crippen LogP contribution in [0.3, 0.4) is 0 Å². The van der Waals surface area contributed by atoms with Gasteiger partial charge in [0.25, 0.3) is 0 Å². The quantitative estimate of drug-likeness (QED) is 0.871. The summed E-state index contributed by atoms with van der Waals surface area (Å²) in [5.74, 6) is 3.22. The maximum atomic E-state index is 5.08. The normalized spacial score (nSPS) is 23.7. The van der Waals surface area contributed by atoms with Crippen LogP contribution in [0.15, 0.2) is 12.4 Å².